The third-order valence-corrected chi connectivity index (χ3v) is 1.96. The van der Waals surface area contributed by atoms with Crippen molar-refractivity contribution >= 4 is 42.8 Å². The molecule has 0 atom stereocenters. The second-order valence-electron chi connectivity index (χ2n) is 2.87. The number of pyridine rings is 1. The molecule has 0 aliphatic heterocycles. The molecule has 18 heavy (non-hydrogen) atoms. The van der Waals surface area contributed by atoms with Gasteiger partial charge in [0.15, 0.2) is 5.82 Å². The van der Waals surface area contributed by atoms with E-state index < -0.39 is 0 Å². The van der Waals surface area contributed by atoms with Gasteiger partial charge in [0, 0.05) is 6.20 Å². The summed E-state index contributed by atoms with van der Waals surface area (Å²) in [7, 11) is 0. The minimum absolute atomic E-state index is 0. The van der Waals surface area contributed by atoms with E-state index in [2.05, 4.69) is 34.9 Å². The van der Waals surface area contributed by atoms with E-state index >= 15 is 0 Å². The molecule has 0 aliphatic carbocycles. The molecular formula is C12H11ClIN3Os-. The molecule has 0 saturated heterocycles. The third-order valence-electron chi connectivity index (χ3n) is 1.74. The van der Waals surface area contributed by atoms with Crippen molar-refractivity contribution in [1.29, 1.82) is 0 Å². The van der Waals surface area contributed by atoms with Gasteiger partial charge in [-0.15, -0.1) is 10.2 Å². The fraction of sp³-hybridized carbons (Fsp3) is 0. The number of hydrogen-bond acceptors (Lipinski definition) is 3. The fourth-order valence-electron chi connectivity index (χ4n) is 1.03. The number of azo groups is 1. The number of rotatable bonds is 2. The third kappa shape index (κ3) is 6.53. The van der Waals surface area contributed by atoms with Crippen LogP contribution < -0.4 is 0 Å². The van der Waals surface area contributed by atoms with Crippen LogP contribution in [-0.4, -0.2) is 4.98 Å². The fourth-order valence-corrected chi connectivity index (χ4v) is 1.14. The monoisotopic (exact) mass is 551 g/mol. The Morgan fingerprint density at radius 1 is 1.00 bits per heavy atom. The number of hydrogen-bond donors (Lipinski definition) is 0. The van der Waals surface area contributed by atoms with Gasteiger partial charge >= 0.3 is 34.7 Å². The van der Waals surface area contributed by atoms with Gasteiger partial charge in [-0.2, -0.15) is 0 Å². The zero-order chi connectivity index (χ0) is 12.5. The quantitative estimate of drug-likeness (QED) is 0.278. The molecule has 0 amide bonds. The predicted molar refractivity (Wildman–Crippen MR) is 80.3 cm³/mol. The maximum atomic E-state index is 5.69. The summed E-state index contributed by atoms with van der Waals surface area (Å²) in [5.74, 6) is 0.545. The van der Waals surface area contributed by atoms with Crippen molar-refractivity contribution in [2.45, 2.75) is 0 Å². The predicted octanol–water partition coefficient (Wildman–Crippen LogP) is 5.48. The summed E-state index contributed by atoms with van der Waals surface area (Å²) in [6.45, 7) is 0. The molecule has 3 nitrogen and oxygen atoms in total. The van der Waals surface area contributed by atoms with Crippen LogP contribution in [0.3, 0.4) is 0 Å². The minimum atomic E-state index is 0. The van der Waals surface area contributed by atoms with Crippen LogP contribution in [0.4, 0.5) is 11.5 Å². The Balaban J connectivity index is 0.000000917. The SMILES string of the molecule is Clc1ccc(N=Nc2ccccc2)nc1.[CH3-].[I][Os]. The van der Waals surface area contributed by atoms with E-state index in [9.17, 15) is 0 Å². The molecule has 0 N–H and O–H groups in total. The van der Waals surface area contributed by atoms with Gasteiger partial charge in [-0.3, -0.25) is 0 Å². The standard InChI is InChI=1S/C11H8ClN3.CH3.HI.Os/c12-9-6-7-11(13-8-9)15-14-10-4-2-1-3-5-10;;;/h1-8H;1H3;1H;/q;-1;;+1/p-1. The van der Waals surface area contributed by atoms with Crippen molar-refractivity contribution in [3.8, 4) is 0 Å². The number of aromatic nitrogens is 1. The van der Waals surface area contributed by atoms with E-state index in [1.807, 2.05) is 45.4 Å². The number of halogens is 2. The first-order chi connectivity index (χ1) is 8.34. The van der Waals surface area contributed by atoms with E-state index in [0.29, 0.717) is 10.8 Å². The van der Waals surface area contributed by atoms with Gasteiger partial charge in [0.1, 0.15) is 0 Å². The van der Waals surface area contributed by atoms with Gasteiger partial charge in [-0.1, -0.05) is 29.8 Å². The van der Waals surface area contributed by atoms with E-state index in [-0.39, 0.29) is 7.43 Å². The zero-order valence-corrected chi connectivity index (χ0v) is 15.0. The number of benzene rings is 1. The van der Waals surface area contributed by atoms with Gasteiger partial charge in [0.25, 0.3) is 0 Å². The molecule has 0 unspecified atom stereocenters. The topological polar surface area (TPSA) is 37.6 Å². The van der Waals surface area contributed by atoms with Gasteiger partial charge in [-0.05, 0) is 24.3 Å². The average Bonchev–Trinajstić information content (AvgIpc) is 2.42. The van der Waals surface area contributed by atoms with Gasteiger partial charge in [0.05, 0.1) is 10.7 Å². The Bertz CT molecular complexity index is 463. The summed E-state index contributed by atoms with van der Waals surface area (Å²) in [6, 6.07) is 12.9. The normalized spacial score (nSPS) is 9.28. The van der Waals surface area contributed by atoms with Crippen molar-refractivity contribution < 1.29 is 15.1 Å². The molecule has 6 heteroatoms. The second kappa shape index (κ2) is 10.5. The summed E-state index contributed by atoms with van der Waals surface area (Å²) in [5.41, 5.74) is 0.800. The van der Waals surface area contributed by atoms with Crippen molar-refractivity contribution in [1.82, 2.24) is 4.98 Å². The van der Waals surface area contributed by atoms with Crippen molar-refractivity contribution in [2.75, 3.05) is 0 Å². The summed E-state index contributed by atoms with van der Waals surface area (Å²) < 4.78 is 0. The molecule has 0 spiro atoms. The first kappa shape index (κ1) is 17.6. The summed E-state index contributed by atoms with van der Waals surface area (Å²) in [6.07, 6.45) is 1.54. The van der Waals surface area contributed by atoms with Gasteiger partial charge in [0.2, 0.25) is 0 Å². The van der Waals surface area contributed by atoms with Crippen LogP contribution in [0.25, 0.3) is 0 Å². The zero-order valence-electron chi connectivity index (χ0n) is 9.57. The van der Waals surface area contributed by atoms with Crippen molar-refractivity contribution in [2.24, 2.45) is 10.2 Å². The van der Waals surface area contributed by atoms with Crippen molar-refractivity contribution in [3.05, 3.63) is 61.1 Å². The molecule has 1 aromatic carbocycles. The molecule has 0 radical (unpaired) electrons. The van der Waals surface area contributed by atoms with Crippen LogP contribution in [0.15, 0.2) is 58.9 Å². The molecule has 0 fully saturated rings. The summed E-state index contributed by atoms with van der Waals surface area (Å²) in [4.78, 5) is 4.00. The van der Waals surface area contributed by atoms with E-state index in [1.54, 1.807) is 18.3 Å². The van der Waals surface area contributed by atoms with Crippen molar-refractivity contribution in [3.63, 3.8) is 0 Å². The summed E-state index contributed by atoms with van der Waals surface area (Å²) in [5, 5.41) is 8.59. The Labute approximate surface area is 133 Å². The molecule has 0 bridgehead atoms. The second-order valence-corrected chi connectivity index (χ2v) is 3.31. The van der Waals surface area contributed by atoms with Crippen LogP contribution >= 0.6 is 31.3 Å². The maximum absolute atomic E-state index is 5.69. The van der Waals surface area contributed by atoms with Gasteiger partial charge < -0.3 is 7.43 Å². The Morgan fingerprint density at radius 3 is 2.22 bits per heavy atom. The number of nitrogens with zero attached hydrogens (tertiary/aromatic N) is 3. The molecule has 97 valence electrons. The summed E-state index contributed by atoms with van der Waals surface area (Å²) >= 11 is 9.70. The molecule has 0 aliphatic rings. The van der Waals surface area contributed by atoms with Crippen LogP contribution in [-0.2, 0) is 15.1 Å². The van der Waals surface area contributed by atoms with E-state index in [4.69, 9.17) is 11.6 Å². The molecule has 2 aromatic rings. The van der Waals surface area contributed by atoms with Crippen LogP contribution in [0.5, 0.6) is 0 Å². The van der Waals surface area contributed by atoms with Gasteiger partial charge in [-0.25, -0.2) is 4.98 Å². The van der Waals surface area contributed by atoms with E-state index in [1.165, 1.54) is 0 Å². The molecule has 1 aromatic heterocycles. The molecule has 1 heterocycles. The Morgan fingerprint density at radius 2 is 1.67 bits per heavy atom. The van der Waals surface area contributed by atoms with Crippen LogP contribution in [0.2, 0.25) is 5.02 Å². The average molecular weight is 550 g/mol. The van der Waals surface area contributed by atoms with E-state index in [0.717, 1.165) is 5.69 Å². The Kier molecular flexibility index (Phi) is 10.3. The molecule has 2 rings (SSSR count). The molecular weight excluding hydrogens is 539 g/mol. The first-order valence-corrected chi connectivity index (χ1v) is 12.1. The first-order valence-electron chi connectivity index (χ1n) is 4.56. The Hall–Kier alpha value is -0.374. The van der Waals surface area contributed by atoms with Crippen LogP contribution in [0, 0.1) is 7.43 Å². The van der Waals surface area contributed by atoms with Crippen LogP contribution in [0.1, 0.15) is 0 Å². The molecule has 0 saturated carbocycles.